The molecular formula is C17H33N3. The molecule has 116 valence electrons. The first-order chi connectivity index (χ1) is 9.53. The number of aryl methyl sites for hydroxylation is 2. The first-order valence-corrected chi connectivity index (χ1v) is 8.19. The number of likely N-dealkylation sites (N-methyl/N-ethyl adjacent to an activating group) is 1. The zero-order valence-corrected chi connectivity index (χ0v) is 14.3. The topological polar surface area (TPSA) is 29.9 Å². The third-order valence-electron chi connectivity index (χ3n) is 4.68. The van der Waals surface area contributed by atoms with E-state index in [0.717, 1.165) is 12.3 Å². The summed E-state index contributed by atoms with van der Waals surface area (Å²) in [6.45, 7) is 8.91. The maximum Gasteiger partial charge on any atom is 0.0628 e. The van der Waals surface area contributed by atoms with Crippen molar-refractivity contribution in [3.63, 3.8) is 0 Å². The lowest BCUT2D eigenvalue weighted by Gasteiger charge is -2.22. The summed E-state index contributed by atoms with van der Waals surface area (Å²) in [5.41, 5.74) is 3.92. The van der Waals surface area contributed by atoms with E-state index in [0.29, 0.717) is 6.04 Å². The SMILES string of the molecule is CCCCC(CC)CC(Cc1c(C)nn(C)c1C)NC. The van der Waals surface area contributed by atoms with Crippen molar-refractivity contribution in [1.29, 1.82) is 0 Å². The van der Waals surface area contributed by atoms with E-state index in [1.54, 1.807) is 0 Å². The molecule has 0 saturated heterocycles. The van der Waals surface area contributed by atoms with Crippen LogP contribution < -0.4 is 5.32 Å². The Balaban J connectivity index is 2.66. The molecule has 1 aromatic rings. The summed E-state index contributed by atoms with van der Waals surface area (Å²) >= 11 is 0. The van der Waals surface area contributed by atoms with Crippen molar-refractivity contribution >= 4 is 0 Å². The molecule has 2 unspecified atom stereocenters. The molecule has 3 nitrogen and oxygen atoms in total. The Morgan fingerprint density at radius 3 is 2.40 bits per heavy atom. The van der Waals surface area contributed by atoms with Crippen LogP contribution in [-0.4, -0.2) is 22.9 Å². The summed E-state index contributed by atoms with van der Waals surface area (Å²) in [6, 6.07) is 0.568. The van der Waals surface area contributed by atoms with Gasteiger partial charge in [0.2, 0.25) is 0 Å². The van der Waals surface area contributed by atoms with Crippen LogP contribution in [0.4, 0.5) is 0 Å². The van der Waals surface area contributed by atoms with Crippen molar-refractivity contribution in [2.45, 2.75) is 72.3 Å². The maximum absolute atomic E-state index is 4.54. The van der Waals surface area contributed by atoms with Crippen molar-refractivity contribution in [2.24, 2.45) is 13.0 Å². The fourth-order valence-electron chi connectivity index (χ4n) is 3.05. The molecule has 0 aromatic carbocycles. The molecule has 0 aliphatic carbocycles. The standard InChI is InChI=1S/C17H33N3/c1-7-9-10-15(8-2)11-16(18-5)12-17-13(3)19-20(6)14(17)4/h15-16,18H,7-12H2,1-6H3. The third-order valence-corrected chi connectivity index (χ3v) is 4.68. The molecule has 3 heteroatoms. The Morgan fingerprint density at radius 2 is 1.95 bits per heavy atom. The largest absolute Gasteiger partial charge is 0.317 e. The van der Waals surface area contributed by atoms with E-state index < -0.39 is 0 Å². The fraction of sp³-hybridized carbons (Fsp3) is 0.824. The van der Waals surface area contributed by atoms with Gasteiger partial charge < -0.3 is 5.32 Å². The zero-order chi connectivity index (χ0) is 15.1. The average Bonchev–Trinajstić information content (AvgIpc) is 2.68. The number of hydrogen-bond donors (Lipinski definition) is 1. The Morgan fingerprint density at radius 1 is 1.25 bits per heavy atom. The van der Waals surface area contributed by atoms with Gasteiger partial charge in [0.1, 0.15) is 0 Å². The van der Waals surface area contributed by atoms with Crippen molar-refractivity contribution in [3.05, 3.63) is 17.0 Å². The van der Waals surface area contributed by atoms with Crippen molar-refractivity contribution in [1.82, 2.24) is 15.1 Å². The molecule has 0 amide bonds. The Kier molecular flexibility index (Phi) is 7.28. The smallest absolute Gasteiger partial charge is 0.0628 e. The fourth-order valence-corrected chi connectivity index (χ4v) is 3.05. The molecule has 0 fully saturated rings. The summed E-state index contributed by atoms with van der Waals surface area (Å²) in [5.74, 6) is 0.852. The van der Waals surface area contributed by atoms with Crippen molar-refractivity contribution in [3.8, 4) is 0 Å². The molecule has 1 aromatic heterocycles. The van der Waals surface area contributed by atoms with Crippen LogP contribution in [0.5, 0.6) is 0 Å². The predicted molar refractivity (Wildman–Crippen MR) is 87.2 cm³/mol. The Bertz CT molecular complexity index is 395. The first kappa shape index (κ1) is 17.2. The van der Waals surface area contributed by atoms with Gasteiger partial charge in [0.15, 0.2) is 0 Å². The number of rotatable bonds is 9. The highest BCUT2D eigenvalue weighted by molar-refractivity contribution is 5.25. The molecule has 0 saturated carbocycles. The van der Waals surface area contributed by atoms with E-state index in [4.69, 9.17) is 0 Å². The van der Waals surface area contributed by atoms with Gasteiger partial charge in [0, 0.05) is 18.8 Å². The van der Waals surface area contributed by atoms with Crippen LogP contribution in [0, 0.1) is 19.8 Å². The lowest BCUT2D eigenvalue weighted by atomic mass is 9.89. The van der Waals surface area contributed by atoms with Gasteiger partial charge in [0.05, 0.1) is 5.69 Å². The maximum atomic E-state index is 4.54. The van der Waals surface area contributed by atoms with Gasteiger partial charge in [-0.05, 0) is 45.2 Å². The highest BCUT2D eigenvalue weighted by atomic mass is 15.3. The van der Waals surface area contributed by atoms with Crippen LogP contribution in [0.3, 0.4) is 0 Å². The van der Waals surface area contributed by atoms with Gasteiger partial charge in [0.25, 0.3) is 0 Å². The quantitative estimate of drug-likeness (QED) is 0.745. The highest BCUT2D eigenvalue weighted by Crippen LogP contribution is 2.22. The van der Waals surface area contributed by atoms with Crippen LogP contribution >= 0.6 is 0 Å². The van der Waals surface area contributed by atoms with Crippen LogP contribution in [0.15, 0.2) is 0 Å². The molecule has 0 aliphatic rings. The Hall–Kier alpha value is -0.830. The van der Waals surface area contributed by atoms with E-state index in [-0.39, 0.29) is 0 Å². The van der Waals surface area contributed by atoms with Crippen molar-refractivity contribution in [2.75, 3.05) is 7.05 Å². The second-order valence-corrected chi connectivity index (χ2v) is 6.11. The molecule has 1 N–H and O–H groups in total. The van der Waals surface area contributed by atoms with Gasteiger partial charge in [-0.1, -0.05) is 39.5 Å². The molecule has 0 bridgehead atoms. The van der Waals surface area contributed by atoms with Gasteiger partial charge in [-0.15, -0.1) is 0 Å². The lowest BCUT2D eigenvalue weighted by molar-refractivity contribution is 0.358. The number of unbranched alkanes of at least 4 members (excludes halogenated alkanes) is 1. The second-order valence-electron chi connectivity index (χ2n) is 6.11. The predicted octanol–water partition coefficient (Wildman–Crippen LogP) is 3.77. The lowest BCUT2D eigenvalue weighted by Crippen LogP contribution is -2.30. The van der Waals surface area contributed by atoms with E-state index >= 15 is 0 Å². The van der Waals surface area contributed by atoms with Crippen LogP contribution in [0.2, 0.25) is 0 Å². The van der Waals surface area contributed by atoms with Gasteiger partial charge >= 0.3 is 0 Å². The minimum absolute atomic E-state index is 0.568. The highest BCUT2D eigenvalue weighted by Gasteiger charge is 2.18. The summed E-state index contributed by atoms with van der Waals surface area (Å²) in [5, 5.41) is 8.05. The molecule has 20 heavy (non-hydrogen) atoms. The van der Waals surface area contributed by atoms with Crippen LogP contribution in [0.1, 0.15) is 62.9 Å². The summed E-state index contributed by atoms with van der Waals surface area (Å²) < 4.78 is 2.01. The summed E-state index contributed by atoms with van der Waals surface area (Å²) in [7, 11) is 4.13. The third kappa shape index (κ3) is 4.62. The minimum Gasteiger partial charge on any atom is -0.317 e. The number of nitrogens with zero attached hydrogens (tertiary/aromatic N) is 2. The molecule has 0 radical (unpaired) electrons. The minimum atomic E-state index is 0.568. The first-order valence-electron chi connectivity index (χ1n) is 8.19. The second kappa shape index (κ2) is 8.46. The summed E-state index contributed by atoms with van der Waals surface area (Å²) in [4.78, 5) is 0. The van der Waals surface area contributed by atoms with Gasteiger partial charge in [-0.3, -0.25) is 4.68 Å². The van der Waals surface area contributed by atoms with Crippen molar-refractivity contribution < 1.29 is 0 Å². The van der Waals surface area contributed by atoms with Crippen LogP contribution in [0.25, 0.3) is 0 Å². The average molecular weight is 279 g/mol. The van der Waals surface area contributed by atoms with E-state index in [9.17, 15) is 0 Å². The molecule has 0 spiro atoms. The number of hydrogen-bond acceptors (Lipinski definition) is 2. The van der Waals surface area contributed by atoms with Gasteiger partial charge in [-0.2, -0.15) is 5.10 Å². The molecule has 1 rings (SSSR count). The van der Waals surface area contributed by atoms with Crippen LogP contribution in [-0.2, 0) is 13.5 Å². The Labute approximate surface area is 125 Å². The van der Waals surface area contributed by atoms with E-state index in [1.807, 2.05) is 11.7 Å². The van der Waals surface area contributed by atoms with E-state index in [2.05, 4.69) is 45.2 Å². The number of nitrogens with one attached hydrogen (secondary N) is 1. The van der Waals surface area contributed by atoms with Gasteiger partial charge in [-0.25, -0.2) is 0 Å². The van der Waals surface area contributed by atoms with E-state index in [1.165, 1.54) is 49.1 Å². The zero-order valence-electron chi connectivity index (χ0n) is 14.3. The normalized spacial score (nSPS) is 14.5. The molecular weight excluding hydrogens is 246 g/mol. The molecule has 2 atom stereocenters. The monoisotopic (exact) mass is 279 g/mol. The number of aromatic nitrogens is 2. The molecule has 1 heterocycles. The molecule has 0 aliphatic heterocycles. The summed E-state index contributed by atoms with van der Waals surface area (Å²) in [6.07, 6.45) is 7.71.